The summed E-state index contributed by atoms with van der Waals surface area (Å²) in [5.41, 5.74) is 0.700. The Balaban J connectivity index is 1.80. The highest BCUT2D eigenvalue weighted by atomic mass is 79.9. The predicted molar refractivity (Wildman–Crippen MR) is 68.9 cm³/mol. The molecule has 0 radical (unpaired) electrons. The van der Waals surface area contributed by atoms with E-state index in [0.717, 1.165) is 16.8 Å². The first-order valence-corrected chi connectivity index (χ1v) is 6.45. The zero-order chi connectivity index (χ0) is 12.5. The van der Waals surface area contributed by atoms with E-state index >= 15 is 0 Å². The molecule has 2 aromatic rings. The number of halogens is 1. The summed E-state index contributed by atoms with van der Waals surface area (Å²) in [6.07, 6.45) is 1.71. The Morgan fingerprint density at radius 1 is 1.22 bits per heavy atom. The lowest BCUT2D eigenvalue weighted by Crippen LogP contribution is -2.38. The Bertz CT molecular complexity index is 578. The molecule has 3 rings (SSSR count). The second kappa shape index (κ2) is 4.53. The molecule has 0 fully saturated rings. The van der Waals surface area contributed by atoms with Gasteiger partial charge in [0.25, 0.3) is 5.91 Å². The van der Waals surface area contributed by atoms with Crippen LogP contribution in [0.1, 0.15) is 16.2 Å². The fourth-order valence-corrected chi connectivity index (χ4v) is 2.28. The molecule has 1 aliphatic heterocycles. The van der Waals surface area contributed by atoms with Gasteiger partial charge in [0.2, 0.25) is 0 Å². The van der Waals surface area contributed by atoms with Crippen LogP contribution in [0.15, 0.2) is 35.1 Å². The van der Waals surface area contributed by atoms with Crippen molar-refractivity contribution >= 4 is 21.8 Å². The largest absolute Gasteiger partial charge is 0.329 e. The van der Waals surface area contributed by atoms with Gasteiger partial charge in [0.1, 0.15) is 6.33 Å². The van der Waals surface area contributed by atoms with E-state index in [1.165, 1.54) is 0 Å². The predicted octanol–water partition coefficient (Wildman–Crippen LogP) is 1.70. The lowest BCUT2D eigenvalue weighted by molar-refractivity contribution is 0.0707. The average molecular weight is 307 g/mol. The fraction of sp³-hybridized carbons (Fsp3) is 0.250. The third kappa shape index (κ3) is 2.03. The number of aromatic nitrogens is 3. The molecule has 2 heterocycles. The SMILES string of the molecule is O=C(c1ccc(Br)cc1)N1CCn2cnnc2C1. The molecular formula is C12H11BrN4O. The molecule has 18 heavy (non-hydrogen) atoms. The summed E-state index contributed by atoms with van der Waals surface area (Å²) in [6, 6.07) is 7.40. The van der Waals surface area contributed by atoms with Crippen molar-refractivity contribution in [3.05, 3.63) is 46.5 Å². The van der Waals surface area contributed by atoms with Crippen LogP contribution in [0.25, 0.3) is 0 Å². The monoisotopic (exact) mass is 306 g/mol. The van der Waals surface area contributed by atoms with Gasteiger partial charge in [-0.2, -0.15) is 0 Å². The van der Waals surface area contributed by atoms with Gasteiger partial charge in [0.05, 0.1) is 6.54 Å². The van der Waals surface area contributed by atoms with Gasteiger partial charge in [0, 0.05) is 23.1 Å². The number of fused-ring (bicyclic) bond motifs is 1. The summed E-state index contributed by atoms with van der Waals surface area (Å²) >= 11 is 3.36. The second-order valence-corrected chi connectivity index (χ2v) is 5.09. The zero-order valence-corrected chi connectivity index (χ0v) is 11.2. The summed E-state index contributed by atoms with van der Waals surface area (Å²) in [5, 5.41) is 7.86. The van der Waals surface area contributed by atoms with E-state index < -0.39 is 0 Å². The van der Waals surface area contributed by atoms with Gasteiger partial charge in [-0.1, -0.05) is 15.9 Å². The van der Waals surface area contributed by atoms with Gasteiger partial charge in [-0.05, 0) is 24.3 Å². The van der Waals surface area contributed by atoms with Crippen molar-refractivity contribution in [2.24, 2.45) is 0 Å². The maximum Gasteiger partial charge on any atom is 0.254 e. The van der Waals surface area contributed by atoms with Crippen LogP contribution >= 0.6 is 15.9 Å². The van der Waals surface area contributed by atoms with Crippen LogP contribution < -0.4 is 0 Å². The third-order valence-corrected chi connectivity index (χ3v) is 3.55. The summed E-state index contributed by atoms with van der Waals surface area (Å²) in [6.45, 7) is 1.97. The number of rotatable bonds is 1. The zero-order valence-electron chi connectivity index (χ0n) is 9.58. The number of hydrogen-bond donors (Lipinski definition) is 0. The molecule has 0 bridgehead atoms. The van der Waals surface area contributed by atoms with Gasteiger partial charge >= 0.3 is 0 Å². The van der Waals surface area contributed by atoms with Crippen molar-refractivity contribution in [1.29, 1.82) is 0 Å². The first kappa shape index (κ1) is 11.4. The first-order chi connectivity index (χ1) is 8.74. The van der Waals surface area contributed by atoms with Crippen LogP contribution in [0.5, 0.6) is 0 Å². The Hall–Kier alpha value is -1.69. The highest BCUT2D eigenvalue weighted by Crippen LogP contribution is 2.15. The van der Waals surface area contributed by atoms with Crippen molar-refractivity contribution in [3.8, 4) is 0 Å². The molecule has 0 saturated carbocycles. The summed E-state index contributed by atoms with van der Waals surface area (Å²) in [4.78, 5) is 14.1. The first-order valence-electron chi connectivity index (χ1n) is 5.65. The molecule has 0 atom stereocenters. The van der Waals surface area contributed by atoms with Crippen LogP contribution in [0.3, 0.4) is 0 Å². The van der Waals surface area contributed by atoms with Crippen molar-refractivity contribution in [2.75, 3.05) is 6.54 Å². The summed E-state index contributed by atoms with van der Waals surface area (Å²) in [5.74, 6) is 0.878. The van der Waals surface area contributed by atoms with Gasteiger partial charge in [-0.25, -0.2) is 0 Å². The average Bonchev–Trinajstić information content (AvgIpc) is 2.86. The molecule has 0 aliphatic carbocycles. The number of nitrogens with zero attached hydrogens (tertiary/aromatic N) is 4. The third-order valence-electron chi connectivity index (χ3n) is 3.02. The van der Waals surface area contributed by atoms with Crippen LogP contribution in [-0.4, -0.2) is 32.1 Å². The normalized spacial score (nSPS) is 14.4. The number of amides is 1. The molecule has 0 spiro atoms. The fourth-order valence-electron chi connectivity index (χ4n) is 2.01. The van der Waals surface area contributed by atoms with E-state index in [2.05, 4.69) is 26.1 Å². The highest BCUT2D eigenvalue weighted by Gasteiger charge is 2.22. The number of carbonyl (C=O) groups is 1. The van der Waals surface area contributed by atoms with Gasteiger partial charge in [-0.15, -0.1) is 10.2 Å². The van der Waals surface area contributed by atoms with E-state index in [1.54, 1.807) is 11.2 Å². The van der Waals surface area contributed by atoms with E-state index in [-0.39, 0.29) is 5.91 Å². The Labute approximate surface area is 113 Å². The minimum atomic E-state index is 0.0387. The molecule has 0 N–H and O–H groups in total. The van der Waals surface area contributed by atoms with Crippen molar-refractivity contribution < 1.29 is 4.79 Å². The second-order valence-electron chi connectivity index (χ2n) is 4.17. The van der Waals surface area contributed by atoms with Crippen LogP contribution in [0.4, 0.5) is 0 Å². The molecule has 0 saturated heterocycles. The van der Waals surface area contributed by atoms with Gasteiger partial charge < -0.3 is 9.47 Å². The quantitative estimate of drug-likeness (QED) is 0.806. The highest BCUT2D eigenvalue weighted by molar-refractivity contribution is 9.10. The number of benzene rings is 1. The molecule has 6 heteroatoms. The van der Waals surface area contributed by atoms with Crippen LogP contribution in [0.2, 0.25) is 0 Å². The Morgan fingerprint density at radius 3 is 2.78 bits per heavy atom. The van der Waals surface area contributed by atoms with Crippen molar-refractivity contribution in [3.63, 3.8) is 0 Å². The van der Waals surface area contributed by atoms with E-state index in [0.29, 0.717) is 18.7 Å². The van der Waals surface area contributed by atoms with E-state index in [1.807, 2.05) is 28.8 Å². The van der Waals surface area contributed by atoms with Crippen LogP contribution in [0, 0.1) is 0 Å². The summed E-state index contributed by atoms with van der Waals surface area (Å²) in [7, 11) is 0. The molecule has 5 nitrogen and oxygen atoms in total. The maximum absolute atomic E-state index is 12.3. The molecule has 1 amide bonds. The standard InChI is InChI=1S/C12H11BrN4O/c13-10-3-1-9(2-4-10)12(18)16-5-6-17-8-14-15-11(17)7-16/h1-4,8H,5-7H2. The van der Waals surface area contributed by atoms with E-state index in [9.17, 15) is 4.79 Å². The minimum Gasteiger partial charge on any atom is -0.329 e. The molecular weight excluding hydrogens is 296 g/mol. The molecule has 1 aromatic carbocycles. The summed E-state index contributed by atoms with van der Waals surface area (Å²) < 4.78 is 2.95. The topological polar surface area (TPSA) is 51.0 Å². The lowest BCUT2D eigenvalue weighted by atomic mass is 10.2. The van der Waals surface area contributed by atoms with Crippen molar-refractivity contribution in [1.82, 2.24) is 19.7 Å². The molecule has 92 valence electrons. The van der Waals surface area contributed by atoms with E-state index in [4.69, 9.17) is 0 Å². The van der Waals surface area contributed by atoms with Crippen molar-refractivity contribution in [2.45, 2.75) is 13.1 Å². The Morgan fingerprint density at radius 2 is 2.00 bits per heavy atom. The Kier molecular flexibility index (Phi) is 2.87. The minimum absolute atomic E-state index is 0.0387. The lowest BCUT2D eigenvalue weighted by Gasteiger charge is -2.27. The number of carbonyl (C=O) groups excluding carboxylic acids is 1. The smallest absolute Gasteiger partial charge is 0.254 e. The molecule has 1 aliphatic rings. The van der Waals surface area contributed by atoms with Gasteiger partial charge in [-0.3, -0.25) is 4.79 Å². The maximum atomic E-state index is 12.3. The van der Waals surface area contributed by atoms with Crippen LogP contribution in [-0.2, 0) is 13.1 Å². The van der Waals surface area contributed by atoms with Gasteiger partial charge in [0.15, 0.2) is 5.82 Å². The molecule has 0 unspecified atom stereocenters. The molecule has 1 aromatic heterocycles. The number of hydrogen-bond acceptors (Lipinski definition) is 3.